The fourth-order valence-corrected chi connectivity index (χ4v) is 11.5. The topological polar surface area (TPSA) is 271 Å². The highest BCUT2D eigenvalue weighted by Gasteiger charge is 2.46. The predicted octanol–water partition coefficient (Wildman–Crippen LogP) is 3.82. The second kappa shape index (κ2) is 19.8. The molecule has 4 aliphatic rings. The first-order chi connectivity index (χ1) is 26.5. The first kappa shape index (κ1) is 50.7. The number of hydrogen-bond acceptors (Lipinski definition) is 20. The summed E-state index contributed by atoms with van der Waals surface area (Å²) in [5.41, 5.74) is -1.29. The minimum atomic E-state index is -5.16. The molecule has 4 aliphatic heterocycles. The highest BCUT2D eigenvalue weighted by molar-refractivity contribution is 7.46. The molecule has 4 heterocycles. The molecule has 17 atom stereocenters. The van der Waals surface area contributed by atoms with Crippen LogP contribution in [0.3, 0.4) is 0 Å². The van der Waals surface area contributed by atoms with Crippen molar-refractivity contribution in [3.63, 3.8) is 0 Å². The van der Waals surface area contributed by atoms with Crippen molar-refractivity contribution in [2.75, 3.05) is 19.8 Å². The van der Waals surface area contributed by atoms with Crippen LogP contribution in [-0.4, -0.2) is 98.7 Å². The van der Waals surface area contributed by atoms with E-state index in [2.05, 4.69) is 6.58 Å². The lowest BCUT2D eigenvalue weighted by Crippen LogP contribution is -2.39. The number of ether oxygens (including phenoxy) is 4. The molecule has 0 radical (unpaired) electrons. The monoisotopic (exact) mass is 912 g/mol. The van der Waals surface area contributed by atoms with E-state index in [1.54, 1.807) is 20.8 Å². The molecule has 0 aliphatic carbocycles. The maximum atomic E-state index is 13.2. The number of rotatable bonds is 20. The summed E-state index contributed by atoms with van der Waals surface area (Å²) in [5.74, 6) is -0.0379. The number of hydrogen-bond donors (Lipinski definition) is 0. The maximum Gasteiger partial charge on any atom is 0.268 e. The van der Waals surface area contributed by atoms with Gasteiger partial charge in [-0.1, -0.05) is 26.8 Å². The Labute approximate surface area is 341 Å². The molecule has 0 aromatic rings. The van der Waals surface area contributed by atoms with Gasteiger partial charge in [0.1, 0.15) is 24.4 Å². The zero-order chi connectivity index (χ0) is 43.6. The van der Waals surface area contributed by atoms with Crippen LogP contribution in [0, 0.1) is 11.3 Å². The highest BCUT2D eigenvalue weighted by atomic mass is 31.2. The van der Waals surface area contributed by atoms with Gasteiger partial charge in [-0.2, -0.15) is 0 Å². The predicted molar refractivity (Wildman–Crippen MR) is 198 cm³/mol. The van der Waals surface area contributed by atoms with Crippen LogP contribution in [0.25, 0.3) is 0 Å². The van der Waals surface area contributed by atoms with Gasteiger partial charge < -0.3 is 74.7 Å². The van der Waals surface area contributed by atoms with E-state index in [-0.39, 0.29) is 36.7 Å². The van der Waals surface area contributed by atoms with Crippen molar-refractivity contribution in [1.82, 2.24) is 0 Å². The Balaban J connectivity index is 1.30. The van der Waals surface area contributed by atoms with Gasteiger partial charge in [0, 0.05) is 19.3 Å². The summed E-state index contributed by atoms with van der Waals surface area (Å²) in [5, 5.41) is 0. The zero-order valence-electron chi connectivity index (χ0n) is 34.7. The Bertz CT molecular complexity index is 1570. The smallest absolute Gasteiger partial charge is 0.268 e. The summed E-state index contributed by atoms with van der Waals surface area (Å²) >= 11 is 0. The van der Waals surface area contributed by atoms with Crippen molar-refractivity contribution in [1.29, 1.82) is 0 Å². The minimum Gasteiger partial charge on any atom is -0.756 e. The summed E-state index contributed by atoms with van der Waals surface area (Å²) in [7, 11) is -20.1. The van der Waals surface area contributed by atoms with Crippen molar-refractivity contribution < 1.29 is 93.0 Å². The fourth-order valence-electron chi connectivity index (χ4n) is 7.42. The SMILES string of the molecule is C=CC(OP(=O)([O-])OC1C[C@H](C)O[C@@H]1COP(=O)([O-])OC1C[C@H](C)O[C@@H]1COP(=O)([O-])OC1C[C@H](C)O[C@@H]1COP(=O)([O-])OC(C)(C)C)[C@H]1O[C@@H](C)CC1C(C)(C)C. The maximum absolute atomic E-state index is 13.2. The van der Waals surface area contributed by atoms with Gasteiger partial charge in [0.05, 0.1) is 74.3 Å². The molecule has 4 saturated heterocycles. The molecule has 9 unspecified atom stereocenters. The first-order valence-electron chi connectivity index (χ1n) is 19.3. The van der Waals surface area contributed by atoms with Crippen molar-refractivity contribution in [3.8, 4) is 0 Å². The molecule has 58 heavy (non-hydrogen) atoms. The lowest BCUT2D eigenvalue weighted by Gasteiger charge is -2.37. The minimum absolute atomic E-state index is 0.0103. The highest BCUT2D eigenvalue weighted by Crippen LogP contribution is 2.51. The Hall–Kier alpha value is 0.0200. The van der Waals surface area contributed by atoms with E-state index in [1.165, 1.54) is 26.8 Å². The molecule has 4 fully saturated rings. The molecule has 0 spiro atoms. The van der Waals surface area contributed by atoms with Gasteiger partial charge in [-0.3, -0.25) is 18.3 Å². The zero-order valence-corrected chi connectivity index (χ0v) is 38.3. The summed E-state index contributed by atoms with van der Waals surface area (Å²) < 4.78 is 116. The van der Waals surface area contributed by atoms with E-state index in [4.69, 9.17) is 55.1 Å². The van der Waals surface area contributed by atoms with E-state index in [0.29, 0.717) is 6.42 Å². The molecule has 24 heteroatoms. The number of phosphoric ester groups is 4. The molecule has 340 valence electrons. The second-order valence-corrected chi connectivity index (χ2v) is 22.8. The molecule has 20 nitrogen and oxygen atoms in total. The van der Waals surface area contributed by atoms with Crippen molar-refractivity contribution in [2.24, 2.45) is 11.3 Å². The first-order valence-corrected chi connectivity index (χ1v) is 25.2. The Morgan fingerprint density at radius 1 is 0.603 bits per heavy atom. The second-order valence-electron chi connectivity index (χ2n) is 17.4. The summed E-state index contributed by atoms with van der Waals surface area (Å²) in [6.45, 7) is 19.2. The third-order valence-corrected chi connectivity index (χ3v) is 14.1. The summed E-state index contributed by atoms with van der Waals surface area (Å²) in [4.78, 5) is 51.3. The van der Waals surface area contributed by atoms with Gasteiger partial charge in [0.2, 0.25) is 0 Å². The van der Waals surface area contributed by atoms with E-state index in [0.717, 1.165) is 0 Å². The fraction of sp³-hybridized carbons (Fsp3) is 0.941. The van der Waals surface area contributed by atoms with Crippen LogP contribution in [0.15, 0.2) is 12.7 Å². The van der Waals surface area contributed by atoms with Gasteiger partial charge >= 0.3 is 0 Å². The molecule has 4 rings (SSSR count). The standard InChI is InChI=1S/C34H64O20P4/c1-12-25(32-24(33(6,7)8)13-20(2)49-32)50-58(41,42)53-28-16-23(5)47-30(28)18-44-56(37,38)51-26-14-21(3)46-29(26)17-43-55(35,36)52-27-15-22(4)48-31(27)19-45-57(39,40)54-34(9,10)11/h12,20-32H,1,13-19H2,2-11H3,(H,35,36)(H,37,38)(H,39,40)(H,41,42)/p-4/t20-,21-,22-,23-,24?,25?,26?,27?,28?,29+,30+,31+,32-/m0/s1. The molecule has 0 N–H and O–H groups in total. The average Bonchev–Trinajstić information content (AvgIpc) is 3.80. The van der Waals surface area contributed by atoms with Crippen LogP contribution in [0.5, 0.6) is 0 Å². The van der Waals surface area contributed by atoms with Crippen LogP contribution in [0.1, 0.15) is 94.9 Å². The Morgan fingerprint density at radius 2 is 0.966 bits per heavy atom. The van der Waals surface area contributed by atoms with Gasteiger partial charge in [0.25, 0.3) is 31.3 Å². The van der Waals surface area contributed by atoms with Crippen LogP contribution in [0.2, 0.25) is 0 Å². The molecule has 0 saturated carbocycles. The van der Waals surface area contributed by atoms with Gasteiger partial charge in [-0.05, 0) is 66.2 Å². The molecular weight excluding hydrogens is 852 g/mol. The Morgan fingerprint density at radius 3 is 1.33 bits per heavy atom. The van der Waals surface area contributed by atoms with E-state index >= 15 is 0 Å². The van der Waals surface area contributed by atoms with Gasteiger partial charge in [-0.25, -0.2) is 0 Å². The van der Waals surface area contributed by atoms with Crippen LogP contribution in [0.4, 0.5) is 0 Å². The third-order valence-electron chi connectivity index (χ3n) is 9.82. The van der Waals surface area contributed by atoms with E-state index < -0.39 is 124 Å². The number of phosphoric acid groups is 4. The quantitative estimate of drug-likeness (QED) is 0.124. The average molecular weight is 913 g/mol. The summed E-state index contributed by atoms with van der Waals surface area (Å²) in [6, 6.07) is 0. The van der Waals surface area contributed by atoms with Crippen molar-refractivity contribution in [3.05, 3.63) is 12.7 Å². The van der Waals surface area contributed by atoms with Gasteiger partial charge in [0.15, 0.2) is 0 Å². The Kier molecular flexibility index (Phi) is 17.3. The lowest BCUT2D eigenvalue weighted by molar-refractivity contribution is -0.240. The van der Waals surface area contributed by atoms with E-state index in [1.807, 2.05) is 27.7 Å². The molecule has 0 aromatic heterocycles. The molecule has 0 bridgehead atoms. The normalized spacial score (nSPS) is 38.2. The third kappa shape index (κ3) is 15.7. The largest absolute Gasteiger partial charge is 0.756 e. The van der Waals surface area contributed by atoms with Gasteiger partial charge in [-0.15, -0.1) is 6.58 Å². The van der Waals surface area contributed by atoms with Crippen LogP contribution in [-0.2, 0) is 73.4 Å². The van der Waals surface area contributed by atoms with Crippen molar-refractivity contribution in [2.45, 2.75) is 174 Å². The van der Waals surface area contributed by atoms with Crippen LogP contribution >= 0.6 is 31.3 Å². The van der Waals surface area contributed by atoms with E-state index in [9.17, 15) is 37.8 Å². The van der Waals surface area contributed by atoms with Crippen LogP contribution < -0.4 is 19.6 Å². The molecule has 0 aromatic carbocycles. The van der Waals surface area contributed by atoms with Crippen molar-refractivity contribution >= 4 is 31.3 Å². The lowest BCUT2D eigenvalue weighted by atomic mass is 9.75. The molecule has 0 amide bonds. The molecular formula is C34H60O20P4-4. The summed E-state index contributed by atoms with van der Waals surface area (Å²) in [6.07, 6.45) is -8.29.